The Morgan fingerprint density at radius 3 is 2.61 bits per heavy atom. The zero-order valence-electron chi connectivity index (χ0n) is 8.55. The molecule has 0 aliphatic heterocycles. The van der Waals surface area contributed by atoms with Crippen LogP contribution in [0, 0.1) is 0 Å². The van der Waals surface area contributed by atoms with Gasteiger partial charge in [0.25, 0.3) is 0 Å². The van der Waals surface area contributed by atoms with Gasteiger partial charge in [-0.2, -0.15) is 21.6 Å². The molecule has 0 aliphatic rings. The Bertz CT molecular complexity index is 685. The average molecular weight is 278 g/mol. The molecule has 0 spiro atoms. The zero-order valence-corrected chi connectivity index (χ0v) is 9.36. The third kappa shape index (κ3) is 2.35. The van der Waals surface area contributed by atoms with Crippen molar-refractivity contribution in [1.29, 1.82) is 0 Å². The summed E-state index contributed by atoms with van der Waals surface area (Å²) in [7, 11) is -5.68. The van der Waals surface area contributed by atoms with E-state index in [0.717, 1.165) is 12.3 Å². The maximum absolute atomic E-state index is 12.1. The van der Waals surface area contributed by atoms with Gasteiger partial charge in [-0.15, -0.1) is 0 Å². The maximum Gasteiger partial charge on any atom is 0.534 e. The third-order valence-electron chi connectivity index (χ3n) is 1.92. The number of nitrogens with zero attached hydrogens (tertiary/aromatic N) is 2. The van der Waals surface area contributed by atoms with Gasteiger partial charge >= 0.3 is 15.6 Å². The fourth-order valence-corrected chi connectivity index (χ4v) is 1.60. The molecule has 0 bridgehead atoms. The summed E-state index contributed by atoms with van der Waals surface area (Å²) in [6, 6.07) is 4.16. The molecular formula is C9H5F3N2O3S. The van der Waals surface area contributed by atoms with Crippen molar-refractivity contribution in [2.45, 2.75) is 5.51 Å². The largest absolute Gasteiger partial charge is 0.534 e. The molecule has 0 atom stereocenters. The van der Waals surface area contributed by atoms with E-state index in [2.05, 4.69) is 14.2 Å². The maximum atomic E-state index is 12.1. The molecule has 0 aromatic carbocycles. The Labute approximate surface area is 99.4 Å². The predicted octanol–water partition coefficient (Wildman–Crippen LogP) is 1.86. The molecule has 0 saturated carbocycles. The summed E-state index contributed by atoms with van der Waals surface area (Å²) in [5.41, 5.74) is -5.20. The molecule has 0 radical (unpaired) electrons. The highest BCUT2D eigenvalue weighted by molar-refractivity contribution is 7.88. The monoisotopic (exact) mass is 278 g/mol. The van der Waals surface area contributed by atoms with E-state index in [9.17, 15) is 21.6 Å². The summed E-state index contributed by atoms with van der Waals surface area (Å²) < 4.78 is 61.7. The van der Waals surface area contributed by atoms with E-state index in [1.807, 2.05) is 0 Å². The second-order valence-corrected chi connectivity index (χ2v) is 4.74. The average Bonchev–Trinajstić information content (AvgIpc) is 2.27. The number of fused-ring (bicyclic) bond motifs is 1. The number of alkyl halides is 3. The number of hydrogen-bond donors (Lipinski definition) is 0. The molecule has 0 amide bonds. The Hall–Kier alpha value is -1.90. The lowest BCUT2D eigenvalue weighted by molar-refractivity contribution is -0.0500. The molecule has 0 unspecified atom stereocenters. The molecule has 2 heterocycles. The first-order valence-corrected chi connectivity index (χ1v) is 5.92. The van der Waals surface area contributed by atoms with Crippen molar-refractivity contribution in [3.8, 4) is 5.75 Å². The standard InChI is InChI=1S/C9H5F3N2O3S/c10-9(11,12)18(15,16)17-7-4-6-2-1-3-13-8(6)14-5-7/h1-5H. The minimum atomic E-state index is -5.68. The van der Waals surface area contributed by atoms with E-state index < -0.39 is 21.4 Å². The normalized spacial score (nSPS) is 12.6. The zero-order chi connectivity index (χ0) is 13.4. The lowest BCUT2D eigenvalue weighted by Crippen LogP contribution is -2.28. The lowest BCUT2D eigenvalue weighted by atomic mass is 10.3. The lowest BCUT2D eigenvalue weighted by Gasteiger charge is -2.09. The minimum absolute atomic E-state index is 0.272. The molecule has 18 heavy (non-hydrogen) atoms. The highest BCUT2D eigenvalue weighted by atomic mass is 32.2. The number of pyridine rings is 2. The van der Waals surface area contributed by atoms with Crippen LogP contribution in [0.3, 0.4) is 0 Å². The van der Waals surface area contributed by atoms with Crippen molar-refractivity contribution >= 4 is 21.2 Å². The van der Waals surface area contributed by atoms with Gasteiger partial charge in [-0.25, -0.2) is 9.97 Å². The van der Waals surface area contributed by atoms with Crippen LogP contribution in [-0.4, -0.2) is 23.9 Å². The summed E-state index contributed by atoms with van der Waals surface area (Å²) in [6.45, 7) is 0. The third-order valence-corrected chi connectivity index (χ3v) is 2.90. The van der Waals surface area contributed by atoms with Crippen LogP contribution in [0.25, 0.3) is 11.0 Å². The van der Waals surface area contributed by atoms with Gasteiger partial charge in [0.15, 0.2) is 11.4 Å². The van der Waals surface area contributed by atoms with Gasteiger partial charge in [0.05, 0.1) is 6.20 Å². The first-order valence-electron chi connectivity index (χ1n) is 4.51. The Balaban J connectivity index is 2.39. The first kappa shape index (κ1) is 12.6. The van der Waals surface area contributed by atoms with Crippen molar-refractivity contribution in [3.05, 3.63) is 30.6 Å². The topological polar surface area (TPSA) is 69.2 Å². The highest BCUT2D eigenvalue weighted by Crippen LogP contribution is 2.27. The van der Waals surface area contributed by atoms with Crippen LogP contribution < -0.4 is 4.18 Å². The van der Waals surface area contributed by atoms with Crippen LogP contribution in [-0.2, 0) is 10.1 Å². The van der Waals surface area contributed by atoms with E-state index in [4.69, 9.17) is 0 Å². The van der Waals surface area contributed by atoms with Crippen LogP contribution in [0.5, 0.6) is 5.75 Å². The van der Waals surface area contributed by atoms with Crippen LogP contribution in [0.4, 0.5) is 13.2 Å². The van der Waals surface area contributed by atoms with Gasteiger partial charge < -0.3 is 4.18 Å². The predicted molar refractivity (Wildman–Crippen MR) is 55.1 cm³/mol. The van der Waals surface area contributed by atoms with Gasteiger partial charge in [-0.05, 0) is 18.2 Å². The fraction of sp³-hybridized carbons (Fsp3) is 0.111. The second kappa shape index (κ2) is 4.09. The van der Waals surface area contributed by atoms with Gasteiger partial charge in [0, 0.05) is 11.6 Å². The molecule has 2 rings (SSSR count). The summed E-state index contributed by atoms with van der Waals surface area (Å²) in [5, 5.41) is 0.368. The summed E-state index contributed by atoms with van der Waals surface area (Å²) in [5.74, 6) is -0.521. The molecule has 0 aliphatic carbocycles. The number of rotatable bonds is 2. The van der Waals surface area contributed by atoms with Crippen molar-refractivity contribution in [2.24, 2.45) is 0 Å². The van der Waals surface area contributed by atoms with Crippen molar-refractivity contribution in [1.82, 2.24) is 9.97 Å². The van der Waals surface area contributed by atoms with Gasteiger partial charge in [0.1, 0.15) is 0 Å². The first-order chi connectivity index (χ1) is 8.29. The fourth-order valence-electron chi connectivity index (χ4n) is 1.16. The molecular weight excluding hydrogens is 273 g/mol. The molecule has 0 fully saturated rings. The number of halogens is 3. The van der Waals surface area contributed by atoms with E-state index in [-0.39, 0.29) is 5.65 Å². The molecule has 0 saturated heterocycles. The smallest absolute Gasteiger partial charge is 0.374 e. The number of hydrogen-bond acceptors (Lipinski definition) is 5. The quantitative estimate of drug-likeness (QED) is 0.619. The number of aromatic nitrogens is 2. The van der Waals surface area contributed by atoms with Crippen molar-refractivity contribution < 1.29 is 25.8 Å². The van der Waals surface area contributed by atoms with Gasteiger partial charge in [-0.3, -0.25) is 0 Å². The molecule has 96 valence electrons. The molecule has 0 N–H and O–H groups in total. The molecule has 9 heteroatoms. The summed E-state index contributed by atoms with van der Waals surface area (Å²) in [4.78, 5) is 7.51. The summed E-state index contributed by atoms with van der Waals surface area (Å²) >= 11 is 0. The van der Waals surface area contributed by atoms with Crippen LogP contribution in [0.2, 0.25) is 0 Å². The minimum Gasteiger partial charge on any atom is -0.374 e. The Morgan fingerprint density at radius 2 is 1.94 bits per heavy atom. The summed E-state index contributed by atoms with van der Waals surface area (Å²) in [6.07, 6.45) is 2.31. The van der Waals surface area contributed by atoms with Crippen LogP contribution in [0.1, 0.15) is 0 Å². The van der Waals surface area contributed by atoms with E-state index >= 15 is 0 Å². The van der Waals surface area contributed by atoms with Gasteiger partial charge in [0.2, 0.25) is 0 Å². The highest BCUT2D eigenvalue weighted by Gasteiger charge is 2.48. The van der Waals surface area contributed by atoms with Crippen LogP contribution >= 0.6 is 0 Å². The van der Waals surface area contributed by atoms with E-state index in [1.54, 1.807) is 0 Å². The second-order valence-electron chi connectivity index (χ2n) is 3.20. The van der Waals surface area contributed by atoms with Gasteiger partial charge in [-0.1, -0.05) is 0 Å². The van der Waals surface area contributed by atoms with Crippen LogP contribution in [0.15, 0.2) is 30.6 Å². The molecule has 2 aromatic heterocycles. The Kier molecular flexibility index (Phi) is 2.85. The molecule has 5 nitrogen and oxygen atoms in total. The SMILES string of the molecule is O=S(=O)(Oc1cnc2ncccc2c1)C(F)(F)F. The molecule has 2 aromatic rings. The van der Waals surface area contributed by atoms with E-state index in [1.165, 1.54) is 18.3 Å². The Morgan fingerprint density at radius 1 is 1.22 bits per heavy atom. The van der Waals surface area contributed by atoms with E-state index in [0.29, 0.717) is 5.39 Å². The van der Waals surface area contributed by atoms with Crippen molar-refractivity contribution in [2.75, 3.05) is 0 Å². The van der Waals surface area contributed by atoms with Crippen molar-refractivity contribution in [3.63, 3.8) is 0 Å².